The number of amides is 1. The molecule has 160 valence electrons. The Morgan fingerprint density at radius 2 is 1.53 bits per heavy atom. The van der Waals surface area contributed by atoms with Crippen molar-refractivity contribution in [3.05, 3.63) is 106 Å². The highest BCUT2D eigenvalue weighted by atomic mass is 16.5. The van der Waals surface area contributed by atoms with Crippen LogP contribution in [-0.2, 0) is 6.54 Å². The molecular formula is C27H25N3O2. The van der Waals surface area contributed by atoms with Crippen LogP contribution in [0.25, 0.3) is 11.3 Å². The van der Waals surface area contributed by atoms with Gasteiger partial charge in [0.25, 0.3) is 5.91 Å². The van der Waals surface area contributed by atoms with Crippen LogP contribution in [0.1, 0.15) is 44.3 Å². The topological polar surface area (TPSA) is 58.2 Å². The fourth-order valence-corrected chi connectivity index (χ4v) is 4.31. The first-order valence-electron chi connectivity index (χ1n) is 10.7. The van der Waals surface area contributed by atoms with E-state index >= 15 is 0 Å². The number of aromatic amines is 1. The summed E-state index contributed by atoms with van der Waals surface area (Å²) < 4.78 is 5.28. The molecule has 0 radical (unpaired) electrons. The number of hydrogen-bond acceptors (Lipinski definition) is 3. The molecule has 1 atom stereocenters. The van der Waals surface area contributed by atoms with Crippen LogP contribution in [0.15, 0.2) is 72.8 Å². The summed E-state index contributed by atoms with van der Waals surface area (Å²) in [5.74, 6) is 0.764. The van der Waals surface area contributed by atoms with E-state index < -0.39 is 0 Å². The van der Waals surface area contributed by atoms with Crippen molar-refractivity contribution in [1.82, 2.24) is 15.1 Å². The molecule has 4 aromatic rings. The largest absolute Gasteiger partial charge is 0.497 e. The zero-order chi connectivity index (χ0) is 22.2. The number of benzene rings is 3. The number of aromatic nitrogens is 2. The number of aryl methyl sites for hydroxylation is 2. The fraction of sp³-hybridized carbons (Fsp3) is 0.185. The molecule has 1 N–H and O–H groups in total. The Morgan fingerprint density at radius 3 is 2.16 bits per heavy atom. The van der Waals surface area contributed by atoms with Crippen LogP contribution in [-0.4, -0.2) is 28.1 Å². The zero-order valence-electron chi connectivity index (χ0n) is 18.4. The smallest absolute Gasteiger partial charge is 0.273 e. The molecule has 0 saturated heterocycles. The van der Waals surface area contributed by atoms with E-state index in [4.69, 9.17) is 4.74 Å². The van der Waals surface area contributed by atoms with Crippen LogP contribution in [0.4, 0.5) is 0 Å². The first-order valence-corrected chi connectivity index (χ1v) is 10.7. The molecule has 5 nitrogen and oxygen atoms in total. The Bertz CT molecular complexity index is 1260. The Labute approximate surface area is 187 Å². The van der Waals surface area contributed by atoms with E-state index in [1.54, 1.807) is 7.11 Å². The Balaban J connectivity index is 1.60. The molecule has 5 rings (SSSR count). The van der Waals surface area contributed by atoms with Crippen molar-refractivity contribution in [3.63, 3.8) is 0 Å². The molecule has 0 saturated carbocycles. The lowest BCUT2D eigenvalue weighted by Crippen LogP contribution is -2.29. The Morgan fingerprint density at radius 1 is 0.906 bits per heavy atom. The summed E-state index contributed by atoms with van der Waals surface area (Å²) in [6, 6.07) is 24.3. The van der Waals surface area contributed by atoms with Gasteiger partial charge in [-0.15, -0.1) is 0 Å². The highest BCUT2D eigenvalue weighted by Crippen LogP contribution is 2.43. The summed E-state index contributed by atoms with van der Waals surface area (Å²) in [4.78, 5) is 15.4. The van der Waals surface area contributed by atoms with Crippen LogP contribution >= 0.6 is 0 Å². The summed E-state index contributed by atoms with van der Waals surface area (Å²) in [5, 5.41) is 7.59. The van der Waals surface area contributed by atoms with Gasteiger partial charge in [-0.1, -0.05) is 71.8 Å². The lowest BCUT2D eigenvalue weighted by Gasteiger charge is -2.26. The van der Waals surface area contributed by atoms with Gasteiger partial charge < -0.3 is 9.64 Å². The van der Waals surface area contributed by atoms with E-state index in [-0.39, 0.29) is 11.9 Å². The maximum atomic E-state index is 13.5. The first-order chi connectivity index (χ1) is 15.5. The van der Waals surface area contributed by atoms with E-state index in [0.717, 1.165) is 33.7 Å². The number of carbonyl (C=O) groups is 1. The van der Waals surface area contributed by atoms with Gasteiger partial charge in [0.15, 0.2) is 0 Å². The molecule has 0 aliphatic carbocycles. The number of fused-ring (bicyclic) bond motifs is 1. The van der Waals surface area contributed by atoms with Crippen molar-refractivity contribution < 1.29 is 9.53 Å². The molecule has 5 heteroatoms. The maximum absolute atomic E-state index is 13.5. The van der Waals surface area contributed by atoms with Crippen molar-refractivity contribution >= 4 is 5.91 Å². The number of nitrogens with zero attached hydrogens (tertiary/aromatic N) is 2. The molecule has 3 aromatic carbocycles. The average Bonchev–Trinajstić information content (AvgIpc) is 3.35. The molecular weight excluding hydrogens is 398 g/mol. The summed E-state index contributed by atoms with van der Waals surface area (Å²) in [6.45, 7) is 4.63. The van der Waals surface area contributed by atoms with Crippen molar-refractivity contribution in [3.8, 4) is 17.0 Å². The molecule has 1 aliphatic rings. The highest BCUT2D eigenvalue weighted by molar-refractivity contribution is 6.00. The summed E-state index contributed by atoms with van der Waals surface area (Å²) in [7, 11) is 1.65. The van der Waals surface area contributed by atoms with Gasteiger partial charge in [0.05, 0.1) is 18.8 Å². The van der Waals surface area contributed by atoms with E-state index in [0.29, 0.717) is 12.2 Å². The van der Waals surface area contributed by atoms with Gasteiger partial charge in [-0.3, -0.25) is 9.89 Å². The molecule has 1 amide bonds. The highest BCUT2D eigenvalue weighted by Gasteiger charge is 2.42. The number of methoxy groups -OCH3 is 1. The van der Waals surface area contributed by atoms with Gasteiger partial charge in [0.2, 0.25) is 0 Å². The molecule has 0 fully saturated rings. The second-order valence-corrected chi connectivity index (χ2v) is 8.32. The molecule has 1 aromatic heterocycles. The number of hydrogen-bond donors (Lipinski definition) is 1. The average molecular weight is 424 g/mol. The van der Waals surface area contributed by atoms with Crippen molar-refractivity contribution in [2.24, 2.45) is 0 Å². The van der Waals surface area contributed by atoms with Crippen LogP contribution in [0.3, 0.4) is 0 Å². The minimum Gasteiger partial charge on any atom is -0.497 e. The van der Waals surface area contributed by atoms with Gasteiger partial charge in [-0.2, -0.15) is 5.10 Å². The number of ether oxygens (including phenoxy) is 1. The van der Waals surface area contributed by atoms with Gasteiger partial charge in [0, 0.05) is 17.7 Å². The Hall–Kier alpha value is -3.86. The SMILES string of the molecule is COc1ccc(CN2C(=O)c3[nH]nc(-c4ccc(C)cc4)c3C2c2ccc(C)cc2)cc1. The molecule has 2 heterocycles. The molecule has 0 bridgehead atoms. The lowest BCUT2D eigenvalue weighted by atomic mass is 9.95. The van der Waals surface area contributed by atoms with Gasteiger partial charge in [-0.05, 0) is 37.1 Å². The van der Waals surface area contributed by atoms with Crippen LogP contribution in [0.2, 0.25) is 0 Å². The lowest BCUT2D eigenvalue weighted by molar-refractivity contribution is 0.0730. The van der Waals surface area contributed by atoms with Crippen molar-refractivity contribution in [2.45, 2.75) is 26.4 Å². The minimum absolute atomic E-state index is 0.0349. The predicted octanol–water partition coefficient (Wildman–Crippen LogP) is 5.45. The summed E-state index contributed by atoms with van der Waals surface area (Å²) in [6.07, 6.45) is 0. The molecule has 1 aliphatic heterocycles. The number of rotatable bonds is 5. The first kappa shape index (κ1) is 20.1. The van der Waals surface area contributed by atoms with E-state index in [9.17, 15) is 4.79 Å². The third-order valence-corrected chi connectivity index (χ3v) is 6.09. The predicted molar refractivity (Wildman–Crippen MR) is 125 cm³/mol. The van der Waals surface area contributed by atoms with Crippen LogP contribution in [0, 0.1) is 13.8 Å². The standard InChI is InChI=1S/C27H25N3O2/c1-17-4-10-20(11-5-17)24-23-25(29-28-24)27(31)30(16-19-8-14-22(32-3)15-9-19)26(23)21-12-6-18(2)7-13-21/h4-15,26H,16H2,1-3H3,(H,28,29). The van der Waals surface area contributed by atoms with E-state index in [1.165, 1.54) is 11.1 Å². The third kappa shape index (κ3) is 3.46. The van der Waals surface area contributed by atoms with Gasteiger partial charge in [-0.25, -0.2) is 0 Å². The van der Waals surface area contributed by atoms with E-state index in [1.807, 2.05) is 29.2 Å². The normalized spacial score (nSPS) is 15.2. The quantitative estimate of drug-likeness (QED) is 0.464. The zero-order valence-corrected chi connectivity index (χ0v) is 18.4. The van der Waals surface area contributed by atoms with Crippen LogP contribution in [0.5, 0.6) is 5.75 Å². The Kier molecular flexibility index (Phi) is 5.02. The van der Waals surface area contributed by atoms with Crippen molar-refractivity contribution in [1.29, 1.82) is 0 Å². The summed E-state index contributed by atoms with van der Waals surface area (Å²) in [5.41, 5.74) is 7.84. The second kappa shape index (κ2) is 8.00. The molecule has 1 unspecified atom stereocenters. The number of carbonyl (C=O) groups excluding carboxylic acids is 1. The second-order valence-electron chi connectivity index (χ2n) is 8.32. The number of H-pyrrole nitrogens is 1. The molecule has 0 spiro atoms. The van der Waals surface area contributed by atoms with Crippen LogP contribution < -0.4 is 4.74 Å². The summed E-state index contributed by atoms with van der Waals surface area (Å²) >= 11 is 0. The number of nitrogens with one attached hydrogen (secondary N) is 1. The minimum atomic E-state index is -0.213. The van der Waals surface area contributed by atoms with Gasteiger partial charge >= 0.3 is 0 Å². The van der Waals surface area contributed by atoms with E-state index in [2.05, 4.69) is 72.6 Å². The molecule has 32 heavy (non-hydrogen) atoms. The third-order valence-electron chi connectivity index (χ3n) is 6.09. The van der Waals surface area contributed by atoms with Gasteiger partial charge in [0.1, 0.15) is 11.4 Å². The monoisotopic (exact) mass is 423 g/mol. The van der Waals surface area contributed by atoms with Crippen molar-refractivity contribution in [2.75, 3.05) is 7.11 Å². The fourth-order valence-electron chi connectivity index (χ4n) is 4.31. The maximum Gasteiger partial charge on any atom is 0.273 e.